The Morgan fingerprint density at radius 1 is 1.21 bits per heavy atom. The Morgan fingerprint density at radius 3 is 2.61 bits per heavy atom. The predicted molar refractivity (Wildman–Crippen MR) is 139 cm³/mol. The number of benzene rings is 2. The molecule has 1 N–H and O–H groups in total. The van der Waals surface area contributed by atoms with Crippen LogP contribution in [0.3, 0.4) is 0 Å². The van der Waals surface area contributed by atoms with E-state index in [1.807, 2.05) is 43.3 Å². The van der Waals surface area contributed by atoms with Crippen molar-refractivity contribution in [3.63, 3.8) is 0 Å². The van der Waals surface area contributed by atoms with Crippen molar-refractivity contribution in [2.75, 3.05) is 16.8 Å². The molecule has 172 valence electrons. The summed E-state index contributed by atoms with van der Waals surface area (Å²) in [4.78, 5) is 29.9. The summed E-state index contributed by atoms with van der Waals surface area (Å²) in [5.74, 6) is -0.655. The van der Waals surface area contributed by atoms with Crippen LogP contribution in [0.4, 0.5) is 11.4 Å². The number of hydrogen-bond donors (Lipinski definition) is 1. The molecule has 0 aromatic heterocycles. The average molecular weight is 482 g/mol. The van der Waals surface area contributed by atoms with Gasteiger partial charge >= 0.3 is 0 Å². The third-order valence-corrected chi connectivity index (χ3v) is 7.38. The van der Waals surface area contributed by atoms with Crippen LogP contribution >= 0.6 is 23.8 Å². The molecule has 2 aliphatic heterocycles. The van der Waals surface area contributed by atoms with Crippen molar-refractivity contribution in [1.29, 1.82) is 0 Å². The van der Waals surface area contributed by atoms with E-state index in [2.05, 4.69) is 38.0 Å². The van der Waals surface area contributed by atoms with Gasteiger partial charge in [0.25, 0.3) is 11.8 Å². The molecule has 2 aromatic carbocycles. The molecule has 0 spiro atoms. The van der Waals surface area contributed by atoms with Gasteiger partial charge in [-0.25, -0.2) is 0 Å². The first-order chi connectivity index (χ1) is 15.5. The zero-order valence-electron chi connectivity index (χ0n) is 19.5. The van der Waals surface area contributed by atoms with Gasteiger partial charge in [-0.05, 0) is 85.8 Å². The van der Waals surface area contributed by atoms with Gasteiger partial charge in [0.05, 0.1) is 5.69 Å². The molecule has 0 aliphatic carbocycles. The number of rotatable bonds is 3. The van der Waals surface area contributed by atoms with E-state index in [-0.39, 0.29) is 16.2 Å². The van der Waals surface area contributed by atoms with Gasteiger partial charge in [0, 0.05) is 23.3 Å². The van der Waals surface area contributed by atoms with Crippen LogP contribution in [0.1, 0.15) is 56.7 Å². The van der Waals surface area contributed by atoms with Gasteiger partial charge in [0.15, 0.2) is 5.11 Å². The molecule has 1 unspecified atom stereocenters. The molecule has 2 heterocycles. The number of carbonyl (C=O) groups is 2. The molecule has 2 aliphatic rings. The van der Waals surface area contributed by atoms with Crippen LogP contribution in [0.25, 0.3) is 6.08 Å². The Kier molecular flexibility index (Phi) is 6.10. The van der Waals surface area contributed by atoms with Gasteiger partial charge in [0.2, 0.25) is 0 Å². The minimum Gasteiger partial charge on any atom is -0.369 e. The predicted octanol–water partition coefficient (Wildman–Crippen LogP) is 5.46. The number of carbonyl (C=O) groups excluding carboxylic acids is 2. The maximum absolute atomic E-state index is 13.5. The lowest BCUT2D eigenvalue weighted by atomic mass is 9.80. The van der Waals surface area contributed by atoms with Gasteiger partial charge in [-0.1, -0.05) is 43.6 Å². The summed E-state index contributed by atoms with van der Waals surface area (Å²) in [6.45, 7) is 8.64. The zero-order chi connectivity index (χ0) is 24.1. The van der Waals surface area contributed by atoms with E-state index < -0.39 is 11.8 Å². The van der Waals surface area contributed by atoms with Crippen molar-refractivity contribution in [1.82, 2.24) is 5.32 Å². The summed E-state index contributed by atoms with van der Waals surface area (Å²) >= 11 is 12.0. The fourth-order valence-corrected chi connectivity index (χ4v) is 5.26. The Morgan fingerprint density at radius 2 is 1.91 bits per heavy atom. The lowest BCUT2D eigenvalue weighted by molar-refractivity contribution is -0.122. The number of hydrogen-bond acceptors (Lipinski definition) is 4. The van der Waals surface area contributed by atoms with Crippen LogP contribution in [0.2, 0.25) is 5.02 Å². The van der Waals surface area contributed by atoms with Crippen LogP contribution in [0, 0.1) is 0 Å². The first-order valence-corrected chi connectivity index (χ1v) is 11.9. The van der Waals surface area contributed by atoms with Crippen molar-refractivity contribution >= 4 is 58.2 Å². The molecule has 33 heavy (non-hydrogen) atoms. The highest BCUT2D eigenvalue weighted by molar-refractivity contribution is 7.80. The Bertz CT molecular complexity index is 1200. The molecule has 4 rings (SSSR count). The molecule has 1 fully saturated rings. The largest absolute Gasteiger partial charge is 0.369 e. The standard InChI is InChI=1S/C26H28ClN3O2S/c1-6-16-9-7-8-10-21(16)30-24(32)19(23(31)28-25(30)33)12-17-11-18-15(2)14-26(3,4)29(5)22(18)13-20(17)27/h7-13,15H,6,14H2,1-5H3,(H,28,31,33)/b19-12-. The molecule has 0 saturated carbocycles. The highest BCUT2D eigenvalue weighted by Crippen LogP contribution is 2.44. The number of amides is 2. The summed E-state index contributed by atoms with van der Waals surface area (Å²) in [6.07, 6.45) is 3.30. The summed E-state index contributed by atoms with van der Waals surface area (Å²) < 4.78 is 0. The minimum absolute atomic E-state index is 0.00787. The SMILES string of the molecule is CCc1ccccc1N1C(=O)/C(=C\c2cc3c(cc2Cl)N(C)C(C)(C)CC3C)C(=O)NC1=S. The number of halogens is 1. The summed E-state index contributed by atoms with van der Waals surface area (Å²) in [7, 11) is 2.07. The highest BCUT2D eigenvalue weighted by atomic mass is 35.5. The number of aryl methyl sites for hydroxylation is 1. The van der Waals surface area contributed by atoms with Gasteiger partial charge in [-0.15, -0.1) is 0 Å². The molecule has 0 bridgehead atoms. The van der Waals surface area contributed by atoms with E-state index in [1.54, 1.807) is 6.08 Å². The second-order valence-corrected chi connectivity index (χ2v) is 10.1. The van der Waals surface area contributed by atoms with Crippen molar-refractivity contribution in [3.8, 4) is 0 Å². The Balaban J connectivity index is 1.79. The van der Waals surface area contributed by atoms with Gasteiger partial charge in [-0.2, -0.15) is 0 Å². The smallest absolute Gasteiger partial charge is 0.270 e. The molecule has 2 amide bonds. The number of anilines is 2. The zero-order valence-corrected chi connectivity index (χ0v) is 21.1. The second kappa shape index (κ2) is 8.58. The topological polar surface area (TPSA) is 52.7 Å². The van der Waals surface area contributed by atoms with E-state index in [0.29, 0.717) is 22.2 Å². The van der Waals surface area contributed by atoms with Gasteiger partial charge in [0.1, 0.15) is 5.57 Å². The van der Waals surface area contributed by atoms with E-state index in [4.69, 9.17) is 23.8 Å². The van der Waals surface area contributed by atoms with E-state index >= 15 is 0 Å². The van der Waals surface area contributed by atoms with E-state index in [1.165, 1.54) is 4.90 Å². The number of nitrogens with one attached hydrogen (secondary N) is 1. The van der Waals surface area contributed by atoms with Crippen molar-refractivity contribution in [2.45, 2.75) is 52.0 Å². The first kappa shape index (κ1) is 23.5. The molecule has 5 nitrogen and oxygen atoms in total. The molecule has 2 aromatic rings. The third-order valence-electron chi connectivity index (χ3n) is 6.77. The fraction of sp³-hybridized carbons (Fsp3) is 0.346. The summed E-state index contributed by atoms with van der Waals surface area (Å²) in [5.41, 5.74) is 4.53. The fourth-order valence-electron chi connectivity index (χ4n) is 4.77. The van der Waals surface area contributed by atoms with Crippen LogP contribution in [-0.2, 0) is 16.0 Å². The van der Waals surface area contributed by atoms with Crippen LogP contribution in [0.15, 0.2) is 42.0 Å². The average Bonchev–Trinajstić information content (AvgIpc) is 2.75. The lowest BCUT2D eigenvalue weighted by Crippen LogP contribution is -2.54. The molecule has 7 heteroatoms. The van der Waals surface area contributed by atoms with Gasteiger partial charge in [-0.3, -0.25) is 19.8 Å². The Labute approximate surface area is 205 Å². The number of fused-ring (bicyclic) bond motifs is 1. The minimum atomic E-state index is -0.518. The maximum atomic E-state index is 13.5. The van der Waals surface area contributed by atoms with Gasteiger partial charge < -0.3 is 4.90 Å². The highest BCUT2D eigenvalue weighted by Gasteiger charge is 2.37. The molecule has 1 saturated heterocycles. The van der Waals surface area contributed by atoms with Crippen LogP contribution < -0.4 is 15.1 Å². The molecule has 1 atom stereocenters. The van der Waals surface area contributed by atoms with Crippen molar-refractivity contribution in [2.24, 2.45) is 0 Å². The number of nitrogens with zero attached hydrogens (tertiary/aromatic N) is 2. The lowest BCUT2D eigenvalue weighted by Gasteiger charge is -2.45. The monoisotopic (exact) mass is 481 g/mol. The summed E-state index contributed by atoms with van der Waals surface area (Å²) in [6, 6.07) is 11.5. The van der Waals surface area contributed by atoms with Crippen molar-refractivity contribution in [3.05, 3.63) is 63.7 Å². The normalized spacial score (nSPS) is 21.3. The second-order valence-electron chi connectivity index (χ2n) is 9.35. The Hall–Kier alpha value is -2.70. The third kappa shape index (κ3) is 4.06. The summed E-state index contributed by atoms with van der Waals surface area (Å²) in [5, 5.41) is 3.24. The first-order valence-electron chi connectivity index (χ1n) is 11.1. The quantitative estimate of drug-likeness (QED) is 0.359. The maximum Gasteiger partial charge on any atom is 0.270 e. The molecular weight excluding hydrogens is 454 g/mol. The van der Waals surface area contributed by atoms with Crippen LogP contribution in [0.5, 0.6) is 0 Å². The van der Waals surface area contributed by atoms with Crippen LogP contribution in [-0.4, -0.2) is 29.5 Å². The molecular formula is C26H28ClN3O2S. The molecule has 0 radical (unpaired) electrons. The number of para-hydroxylation sites is 1. The van der Waals surface area contributed by atoms with Crippen molar-refractivity contribution < 1.29 is 9.59 Å². The van der Waals surface area contributed by atoms with E-state index in [0.717, 1.165) is 29.7 Å². The number of thiocarbonyl (C=S) groups is 1. The van der Waals surface area contributed by atoms with E-state index in [9.17, 15) is 9.59 Å².